The third-order valence-corrected chi connectivity index (χ3v) is 7.72. The number of benzene rings is 2. The van der Waals surface area contributed by atoms with Crippen molar-refractivity contribution in [3.05, 3.63) is 59.9 Å². The first kappa shape index (κ1) is 25.4. The van der Waals surface area contributed by atoms with E-state index in [0.29, 0.717) is 43.3 Å². The summed E-state index contributed by atoms with van der Waals surface area (Å²) < 4.78 is 25.3. The highest BCUT2D eigenvalue weighted by Crippen LogP contribution is 2.48. The van der Waals surface area contributed by atoms with Crippen LogP contribution >= 0.6 is 0 Å². The van der Waals surface area contributed by atoms with E-state index in [0.717, 1.165) is 31.6 Å². The molecule has 3 aliphatic heterocycles. The van der Waals surface area contributed by atoms with Crippen molar-refractivity contribution in [2.45, 2.75) is 31.2 Å². The molecule has 196 valence electrons. The van der Waals surface area contributed by atoms with Crippen LogP contribution in [0.2, 0.25) is 0 Å². The van der Waals surface area contributed by atoms with Crippen molar-refractivity contribution in [2.24, 2.45) is 5.10 Å². The van der Waals surface area contributed by atoms with E-state index in [1.165, 1.54) is 19.2 Å². The van der Waals surface area contributed by atoms with Gasteiger partial charge in [0.15, 0.2) is 5.78 Å². The Hall–Kier alpha value is -3.30. The van der Waals surface area contributed by atoms with E-state index in [-0.39, 0.29) is 30.2 Å². The zero-order chi connectivity index (χ0) is 26.0. The van der Waals surface area contributed by atoms with E-state index in [4.69, 9.17) is 14.6 Å². The summed E-state index contributed by atoms with van der Waals surface area (Å²) in [6.45, 7) is 5.80. The van der Waals surface area contributed by atoms with Crippen molar-refractivity contribution in [2.75, 3.05) is 58.1 Å². The molecule has 0 bridgehead atoms. The number of Topliss-reactive ketones (excluding diaryl/α,β-unsaturated/α-hetero) is 1. The Morgan fingerprint density at radius 1 is 1.14 bits per heavy atom. The van der Waals surface area contributed by atoms with Gasteiger partial charge in [-0.1, -0.05) is 30.3 Å². The molecule has 37 heavy (non-hydrogen) atoms. The van der Waals surface area contributed by atoms with Gasteiger partial charge in [0.2, 0.25) is 5.91 Å². The van der Waals surface area contributed by atoms with Gasteiger partial charge in [0.05, 0.1) is 5.41 Å². The lowest BCUT2D eigenvalue weighted by Gasteiger charge is -2.42. The van der Waals surface area contributed by atoms with E-state index in [1.54, 1.807) is 18.0 Å². The monoisotopic (exact) mass is 508 g/mol. The molecule has 0 aliphatic carbocycles. The van der Waals surface area contributed by atoms with Gasteiger partial charge in [0.25, 0.3) is 0 Å². The van der Waals surface area contributed by atoms with Crippen molar-refractivity contribution >= 4 is 23.1 Å². The van der Waals surface area contributed by atoms with Crippen molar-refractivity contribution in [3.63, 3.8) is 0 Å². The predicted molar refractivity (Wildman–Crippen MR) is 139 cm³/mol. The number of ketones is 1. The molecule has 2 atom stereocenters. The quantitative estimate of drug-likeness (QED) is 0.546. The van der Waals surface area contributed by atoms with Crippen LogP contribution in [0.5, 0.6) is 5.75 Å². The molecule has 5 rings (SSSR count). The minimum absolute atomic E-state index is 0.0209. The van der Waals surface area contributed by atoms with Crippen LogP contribution in [0.15, 0.2) is 53.6 Å². The van der Waals surface area contributed by atoms with Crippen LogP contribution in [0.4, 0.5) is 10.1 Å². The Morgan fingerprint density at radius 2 is 1.89 bits per heavy atom. The summed E-state index contributed by atoms with van der Waals surface area (Å²) in [7, 11) is 1.53. The van der Waals surface area contributed by atoms with Gasteiger partial charge in [-0.25, -0.2) is 4.39 Å². The molecule has 0 aromatic heterocycles. The molecule has 0 unspecified atom stereocenters. The highest BCUT2D eigenvalue weighted by atomic mass is 19.1. The second-order valence-electron chi connectivity index (χ2n) is 9.88. The summed E-state index contributed by atoms with van der Waals surface area (Å²) in [5, 5.41) is 6.62. The number of ether oxygens (including phenoxy) is 2. The molecule has 9 heteroatoms. The van der Waals surface area contributed by atoms with Crippen LogP contribution in [0.25, 0.3) is 0 Å². The maximum atomic E-state index is 14.2. The standard InChI is InChI=1S/C28H33FN4O4/c1-20(34)27-28(21-7-4-3-5-8-21,11-6-12-31-13-15-32(16-14-31)26(35)19-36-2)25-18-37-24-10-9-22(29)17-23(24)33(25)30-27/h3-5,7-10,17,25H,6,11-16,18-19H2,1-2H3/t25-,28+/m0/s1. The Morgan fingerprint density at radius 3 is 2.59 bits per heavy atom. The summed E-state index contributed by atoms with van der Waals surface area (Å²) in [6, 6.07) is 14.1. The third kappa shape index (κ3) is 4.73. The Kier molecular flexibility index (Phi) is 7.26. The molecule has 1 saturated heterocycles. The number of fused-ring (bicyclic) bond motifs is 3. The Labute approximate surface area is 216 Å². The fraction of sp³-hybridized carbons (Fsp3) is 0.464. The number of amides is 1. The smallest absolute Gasteiger partial charge is 0.248 e. The Balaban J connectivity index is 1.39. The summed E-state index contributed by atoms with van der Waals surface area (Å²) in [5.74, 6) is 0.117. The first-order valence-electron chi connectivity index (χ1n) is 12.8. The third-order valence-electron chi connectivity index (χ3n) is 7.72. The molecule has 0 radical (unpaired) electrons. The molecule has 0 N–H and O–H groups in total. The SMILES string of the molecule is COCC(=O)N1CCN(CCC[C@]2(c3ccccc3)C(C(C)=O)=NN3c4cc(F)ccc4OC[C@H]32)CC1. The number of anilines is 1. The molecule has 3 aliphatic rings. The predicted octanol–water partition coefficient (Wildman–Crippen LogP) is 2.86. The zero-order valence-electron chi connectivity index (χ0n) is 21.4. The highest BCUT2D eigenvalue weighted by Gasteiger charge is 2.55. The van der Waals surface area contributed by atoms with E-state index in [2.05, 4.69) is 4.90 Å². The lowest BCUT2D eigenvalue weighted by molar-refractivity contribution is -0.136. The lowest BCUT2D eigenvalue weighted by atomic mass is 9.67. The van der Waals surface area contributed by atoms with Crippen LogP contribution in [0.1, 0.15) is 25.3 Å². The van der Waals surface area contributed by atoms with Crippen molar-refractivity contribution in [1.82, 2.24) is 9.80 Å². The first-order valence-corrected chi connectivity index (χ1v) is 12.8. The number of halogens is 1. The molecular weight excluding hydrogens is 475 g/mol. The first-order chi connectivity index (χ1) is 17.9. The van der Waals surface area contributed by atoms with E-state index in [9.17, 15) is 14.0 Å². The number of nitrogens with zero attached hydrogens (tertiary/aromatic N) is 4. The van der Waals surface area contributed by atoms with Crippen LogP contribution in [-0.4, -0.2) is 86.3 Å². The van der Waals surface area contributed by atoms with Crippen molar-refractivity contribution in [3.8, 4) is 5.75 Å². The normalized spacial score (nSPS) is 23.2. The van der Waals surface area contributed by atoms with E-state index in [1.807, 2.05) is 35.2 Å². The average molecular weight is 509 g/mol. The maximum Gasteiger partial charge on any atom is 0.248 e. The largest absolute Gasteiger partial charge is 0.489 e. The zero-order valence-corrected chi connectivity index (χ0v) is 21.4. The number of hydrogen-bond donors (Lipinski definition) is 0. The summed E-state index contributed by atoms with van der Waals surface area (Å²) in [4.78, 5) is 29.4. The highest BCUT2D eigenvalue weighted by molar-refractivity contribution is 6.43. The number of piperazine rings is 1. The Bertz CT molecular complexity index is 1180. The van der Waals surface area contributed by atoms with Crippen LogP contribution in [0.3, 0.4) is 0 Å². The molecule has 0 spiro atoms. The van der Waals surface area contributed by atoms with Crippen LogP contribution < -0.4 is 9.75 Å². The van der Waals surface area contributed by atoms with Crippen LogP contribution in [0, 0.1) is 5.82 Å². The number of carbonyl (C=O) groups is 2. The topological polar surface area (TPSA) is 74.7 Å². The van der Waals surface area contributed by atoms with Gasteiger partial charge in [-0.3, -0.25) is 19.5 Å². The van der Waals surface area contributed by atoms with Crippen LogP contribution in [-0.2, 0) is 19.7 Å². The van der Waals surface area contributed by atoms with Crippen molar-refractivity contribution < 1.29 is 23.5 Å². The number of rotatable bonds is 8. The van der Waals surface area contributed by atoms with Gasteiger partial charge in [-0.05, 0) is 37.1 Å². The number of hydrazone groups is 1. The molecule has 2 aromatic rings. The van der Waals surface area contributed by atoms with Crippen molar-refractivity contribution in [1.29, 1.82) is 0 Å². The van der Waals surface area contributed by atoms with Gasteiger partial charge in [0, 0.05) is 46.3 Å². The van der Waals surface area contributed by atoms with E-state index >= 15 is 0 Å². The van der Waals surface area contributed by atoms with Gasteiger partial charge in [-0.15, -0.1) is 0 Å². The van der Waals surface area contributed by atoms with E-state index < -0.39 is 5.41 Å². The minimum atomic E-state index is -0.687. The molecular formula is C28H33FN4O4. The summed E-state index contributed by atoms with van der Waals surface area (Å²) in [6.07, 6.45) is 1.51. The second kappa shape index (κ2) is 10.6. The molecule has 1 amide bonds. The summed E-state index contributed by atoms with van der Waals surface area (Å²) >= 11 is 0. The minimum Gasteiger partial charge on any atom is -0.489 e. The fourth-order valence-corrected chi connectivity index (χ4v) is 5.92. The molecule has 1 fully saturated rings. The second-order valence-corrected chi connectivity index (χ2v) is 9.88. The molecule has 8 nitrogen and oxygen atoms in total. The van der Waals surface area contributed by atoms with Gasteiger partial charge in [-0.2, -0.15) is 5.10 Å². The lowest BCUT2D eigenvalue weighted by Crippen LogP contribution is -2.54. The fourth-order valence-electron chi connectivity index (χ4n) is 5.92. The van der Waals surface area contributed by atoms with Gasteiger partial charge >= 0.3 is 0 Å². The van der Waals surface area contributed by atoms with Gasteiger partial charge < -0.3 is 14.4 Å². The number of hydrogen-bond acceptors (Lipinski definition) is 7. The maximum absolute atomic E-state index is 14.2. The molecule has 0 saturated carbocycles. The molecule has 2 aromatic carbocycles. The number of methoxy groups -OCH3 is 1. The molecule has 3 heterocycles. The average Bonchev–Trinajstić information content (AvgIpc) is 3.26. The van der Waals surface area contributed by atoms with Gasteiger partial charge in [0.1, 0.15) is 42.2 Å². The number of carbonyl (C=O) groups excluding carboxylic acids is 2. The summed E-state index contributed by atoms with van der Waals surface area (Å²) in [5.41, 5.74) is 1.35.